The lowest BCUT2D eigenvalue weighted by Crippen LogP contribution is -2.32. The van der Waals surface area contributed by atoms with Gasteiger partial charge in [0.1, 0.15) is 12.2 Å². The van der Waals surface area contributed by atoms with E-state index in [4.69, 9.17) is 9.47 Å². The van der Waals surface area contributed by atoms with Crippen LogP contribution >= 0.6 is 0 Å². The number of carbonyl (C=O) groups is 1. The van der Waals surface area contributed by atoms with Gasteiger partial charge in [-0.15, -0.1) is 6.58 Å². The van der Waals surface area contributed by atoms with Crippen molar-refractivity contribution in [3.63, 3.8) is 0 Å². The molecule has 0 amide bonds. The van der Waals surface area contributed by atoms with E-state index in [0.29, 0.717) is 6.42 Å². The van der Waals surface area contributed by atoms with Gasteiger partial charge in [0, 0.05) is 12.8 Å². The lowest BCUT2D eigenvalue weighted by atomic mass is 10.1. The maximum atomic E-state index is 10.7. The highest BCUT2D eigenvalue weighted by Gasteiger charge is 2.25. The smallest absolute Gasteiger partial charge is 0.431 e. The van der Waals surface area contributed by atoms with E-state index in [1.54, 1.807) is 6.08 Å². The van der Waals surface area contributed by atoms with Gasteiger partial charge < -0.3 is 9.47 Å². The zero-order chi connectivity index (χ0) is 8.27. The van der Waals surface area contributed by atoms with Crippen molar-refractivity contribution in [3.05, 3.63) is 12.7 Å². The first-order chi connectivity index (χ1) is 5.22. The molecule has 0 aliphatic carbocycles. The molecule has 1 rings (SSSR count). The van der Waals surface area contributed by atoms with Gasteiger partial charge in [-0.25, -0.2) is 4.79 Å². The molecule has 62 valence electrons. The Morgan fingerprint density at radius 1 is 1.73 bits per heavy atom. The fourth-order valence-electron chi connectivity index (χ4n) is 1.12. The Morgan fingerprint density at radius 2 is 2.45 bits per heavy atom. The summed E-state index contributed by atoms with van der Waals surface area (Å²) in [6.45, 7) is 5.43. The fourth-order valence-corrected chi connectivity index (χ4v) is 1.12. The summed E-state index contributed by atoms with van der Waals surface area (Å²) in [5.41, 5.74) is 0. The van der Waals surface area contributed by atoms with Gasteiger partial charge in [-0.2, -0.15) is 0 Å². The second-order valence-corrected chi connectivity index (χ2v) is 2.68. The van der Waals surface area contributed by atoms with Crippen LogP contribution in [0.25, 0.3) is 0 Å². The van der Waals surface area contributed by atoms with Crippen molar-refractivity contribution in [2.24, 2.45) is 0 Å². The molecule has 11 heavy (non-hydrogen) atoms. The maximum absolute atomic E-state index is 10.7. The van der Waals surface area contributed by atoms with E-state index in [2.05, 4.69) is 6.58 Å². The van der Waals surface area contributed by atoms with Crippen LogP contribution in [0.3, 0.4) is 0 Å². The van der Waals surface area contributed by atoms with Crippen LogP contribution < -0.4 is 0 Å². The molecular weight excluding hydrogens is 144 g/mol. The van der Waals surface area contributed by atoms with E-state index in [1.165, 1.54) is 0 Å². The largest absolute Gasteiger partial charge is 0.508 e. The molecule has 0 radical (unpaired) electrons. The first kappa shape index (κ1) is 8.11. The van der Waals surface area contributed by atoms with Crippen molar-refractivity contribution >= 4 is 6.16 Å². The molecule has 0 aromatic carbocycles. The van der Waals surface area contributed by atoms with Crippen LogP contribution in [-0.4, -0.2) is 18.4 Å². The molecule has 1 heterocycles. The van der Waals surface area contributed by atoms with Gasteiger partial charge in [-0.05, 0) is 6.92 Å². The minimum absolute atomic E-state index is 0.0267. The molecule has 2 unspecified atom stereocenters. The topological polar surface area (TPSA) is 35.5 Å². The molecule has 0 bridgehead atoms. The van der Waals surface area contributed by atoms with E-state index in [1.807, 2.05) is 6.92 Å². The fraction of sp³-hybridized carbons (Fsp3) is 0.625. The van der Waals surface area contributed by atoms with Crippen LogP contribution in [0.5, 0.6) is 0 Å². The average Bonchev–Trinajstić information content (AvgIpc) is 1.85. The summed E-state index contributed by atoms with van der Waals surface area (Å²) in [7, 11) is 0. The Labute approximate surface area is 66.0 Å². The van der Waals surface area contributed by atoms with Crippen LogP contribution in [0, 0.1) is 0 Å². The second kappa shape index (κ2) is 3.42. The lowest BCUT2D eigenvalue weighted by Gasteiger charge is -2.25. The van der Waals surface area contributed by atoms with Gasteiger partial charge in [0.05, 0.1) is 0 Å². The maximum Gasteiger partial charge on any atom is 0.508 e. The average molecular weight is 156 g/mol. The monoisotopic (exact) mass is 156 g/mol. The van der Waals surface area contributed by atoms with E-state index in [-0.39, 0.29) is 12.2 Å². The van der Waals surface area contributed by atoms with E-state index in [0.717, 1.165) is 6.42 Å². The first-order valence-corrected chi connectivity index (χ1v) is 3.70. The number of cyclic esters (lactones) is 2. The Kier molecular flexibility index (Phi) is 2.52. The summed E-state index contributed by atoms with van der Waals surface area (Å²) in [6, 6.07) is 0. The summed E-state index contributed by atoms with van der Waals surface area (Å²) in [5.74, 6) is 0. The van der Waals surface area contributed by atoms with E-state index in [9.17, 15) is 4.79 Å². The Morgan fingerprint density at radius 3 is 3.00 bits per heavy atom. The Bertz CT molecular complexity index is 165. The van der Waals surface area contributed by atoms with Crippen LogP contribution in [0.15, 0.2) is 12.7 Å². The van der Waals surface area contributed by atoms with E-state index < -0.39 is 6.16 Å². The van der Waals surface area contributed by atoms with Gasteiger partial charge in [-0.3, -0.25) is 0 Å². The molecule has 1 aliphatic heterocycles. The van der Waals surface area contributed by atoms with Gasteiger partial charge >= 0.3 is 6.16 Å². The predicted molar refractivity (Wildman–Crippen MR) is 40.2 cm³/mol. The third-order valence-electron chi connectivity index (χ3n) is 1.58. The van der Waals surface area contributed by atoms with Crippen LogP contribution in [0.2, 0.25) is 0 Å². The first-order valence-electron chi connectivity index (χ1n) is 3.70. The highest BCUT2D eigenvalue weighted by molar-refractivity contribution is 5.61. The van der Waals surface area contributed by atoms with Crippen LogP contribution in [0.1, 0.15) is 19.8 Å². The van der Waals surface area contributed by atoms with Crippen LogP contribution in [-0.2, 0) is 9.47 Å². The predicted octanol–water partition coefficient (Wildman–Crippen LogP) is 1.88. The molecular formula is C8H12O3. The van der Waals surface area contributed by atoms with Gasteiger partial charge in [0.15, 0.2) is 0 Å². The summed E-state index contributed by atoms with van der Waals surface area (Å²) < 4.78 is 9.63. The number of hydrogen-bond donors (Lipinski definition) is 0. The summed E-state index contributed by atoms with van der Waals surface area (Å²) >= 11 is 0. The summed E-state index contributed by atoms with van der Waals surface area (Å²) in [5, 5.41) is 0. The number of ether oxygens (including phenoxy) is 2. The number of rotatable bonds is 2. The minimum Gasteiger partial charge on any atom is -0.431 e. The van der Waals surface area contributed by atoms with Crippen molar-refractivity contribution in [1.82, 2.24) is 0 Å². The van der Waals surface area contributed by atoms with Crippen molar-refractivity contribution in [3.8, 4) is 0 Å². The zero-order valence-corrected chi connectivity index (χ0v) is 6.58. The Balaban J connectivity index is 2.42. The van der Waals surface area contributed by atoms with Crippen LogP contribution in [0.4, 0.5) is 4.79 Å². The summed E-state index contributed by atoms with van der Waals surface area (Å²) in [6.07, 6.45) is 2.59. The highest BCUT2D eigenvalue weighted by atomic mass is 16.7. The quantitative estimate of drug-likeness (QED) is 0.452. The SMILES string of the molecule is C=CCC1CC(C)OC(=O)O1. The molecule has 0 aromatic heterocycles. The normalized spacial score (nSPS) is 30.5. The molecule has 0 aromatic rings. The standard InChI is InChI=1S/C8H12O3/c1-3-4-7-5-6(2)10-8(9)11-7/h3,6-7H,1,4-5H2,2H3. The van der Waals surface area contributed by atoms with Crippen molar-refractivity contribution in [1.29, 1.82) is 0 Å². The minimum atomic E-state index is -0.560. The molecule has 0 spiro atoms. The molecule has 0 saturated carbocycles. The van der Waals surface area contributed by atoms with E-state index >= 15 is 0 Å². The molecule has 0 N–H and O–H groups in total. The number of hydrogen-bond acceptors (Lipinski definition) is 3. The number of carbonyl (C=O) groups excluding carboxylic acids is 1. The molecule has 3 heteroatoms. The van der Waals surface area contributed by atoms with Gasteiger partial charge in [0.2, 0.25) is 0 Å². The molecule has 1 fully saturated rings. The van der Waals surface area contributed by atoms with Crippen molar-refractivity contribution in [2.75, 3.05) is 0 Å². The van der Waals surface area contributed by atoms with Gasteiger partial charge in [0.25, 0.3) is 0 Å². The molecule has 1 aliphatic rings. The third-order valence-corrected chi connectivity index (χ3v) is 1.58. The molecule has 1 saturated heterocycles. The highest BCUT2D eigenvalue weighted by Crippen LogP contribution is 2.17. The molecule has 3 nitrogen and oxygen atoms in total. The van der Waals surface area contributed by atoms with Crippen molar-refractivity contribution < 1.29 is 14.3 Å². The lowest BCUT2D eigenvalue weighted by molar-refractivity contribution is -0.0523. The third kappa shape index (κ3) is 2.26. The van der Waals surface area contributed by atoms with Crippen molar-refractivity contribution in [2.45, 2.75) is 32.0 Å². The Hall–Kier alpha value is -0.990. The summed E-state index contributed by atoms with van der Waals surface area (Å²) in [4.78, 5) is 10.7. The zero-order valence-electron chi connectivity index (χ0n) is 6.58. The second-order valence-electron chi connectivity index (χ2n) is 2.68. The molecule has 2 atom stereocenters. The van der Waals surface area contributed by atoms with Gasteiger partial charge in [-0.1, -0.05) is 6.08 Å².